The van der Waals surface area contributed by atoms with E-state index in [-0.39, 0.29) is 5.54 Å². The number of rotatable bonds is 2. The Labute approximate surface area is 125 Å². The van der Waals surface area contributed by atoms with Crippen LogP contribution >= 0.6 is 11.8 Å². The fourth-order valence-corrected chi connectivity index (χ4v) is 4.23. The summed E-state index contributed by atoms with van der Waals surface area (Å²) in [7, 11) is 0. The summed E-state index contributed by atoms with van der Waals surface area (Å²) in [5, 5.41) is 4.32. The second-order valence-corrected chi connectivity index (χ2v) is 7.19. The van der Waals surface area contributed by atoms with Crippen LogP contribution in [-0.4, -0.2) is 11.3 Å². The van der Waals surface area contributed by atoms with E-state index in [1.54, 1.807) is 0 Å². The van der Waals surface area contributed by atoms with Gasteiger partial charge in [0.15, 0.2) is 0 Å². The van der Waals surface area contributed by atoms with Crippen molar-refractivity contribution in [3.05, 3.63) is 71.8 Å². The van der Waals surface area contributed by atoms with E-state index in [4.69, 9.17) is 0 Å². The third-order valence-corrected chi connectivity index (χ3v) is 5.55. The van der Waals surface area contributed by atoms with Crippen molar-refractivity contribution in [2.24, 2.45) is 0 Å². The van der Waals surface area contributed by atoms with E-state index < -0.39 is 0 Å². The first-order chi connectivity index (χ1) is 9.66. The van der Waals surface area contributed by atoms with Crippen LogP contribution in [0.3, 0.4) is 0 Å². The first kappa shape index (κ1) is 13.7. The number of benzene rings is 2. The highest BCUT2D eigenvalue weighted by Crippen LogP contribution is 2.45. The molecule has 3 rings (SSSR count). The smallest absolute Gasteiger partial charge is 0.0493 e. The molecule has 1 heterocycles. The van der Waals surface area contributed by atoms with Crippen molar-refractivity contribution in [3.8, 4) is 0 Å². The first-order valence-corrected chi connectivity index (χ1v) is 8.20. The van der Waals surface area contributed by atoms with Gasteiger partial charge in [-0.1, -0.05) is 60.7 Å². The minimum atomic E-state index is 0.177. The lowest BCUT2D eigenvalue weighted by Gasteiger charge is -2.42. The lowest BCUT2D eigenvalue weighted by atomic mass is 9.94. The van der Waals surface area contributed by atoms with E-state index in [1.807, 2.05) is 0 Å². The van der Waals surface area contributed by atoms with Gasteiger partial charge < -0.3 is 5.32 Å². The summed E-state index contributed by atoms with van der Waals surface area (Å²) in [5.41, 5.74) is 2.96. The minimum Gasteiger partial charge on any atom is -0.303 e. The Bertz CT molecular complexity index is 550. The predicted octanol–water partition coefficient (Wildman–Crippen LogP) is 4.58. The number of hydrogen-bond donors (Lipinski definition) is 1. The molecule has 1 aliphatic heterocycles. The van der Waals surface area contributed by atoms with Gasteiger partial charge in [0.05, 0.1) is 0 Å². The van der Waals surface area contributed by atoms with E-state index in [2.05, 4.69) is 91.6 Å². The van der Waals surface area contributed by atoms with Gasteiger partial charge in [-0.3, -0.25) is 0 Å². The average molecular weight is 283 g/mol. The van der Waals surface area contributed by atoms with Gasteiger partial charge in [0, 0.05) is 22.6 Å². The van der Waals surface area contributed by atoms with Gasteiger partial charge in [0.25, 0.3) is 0 Å². The third kappa shape index (κ3) is 2.92. The monoisotopic (exact) mass is 283 g/mol. The molecule has 0 radical (unpaired) electrons. The third-order valence-electron chi connectivity index (χ3n) is 3.76. The molecule has 0 aromatic heterocycles. The summed E-state index contributed by atoms with van der Waals surface area (Å²) in [6.07, 6.45) is 0. The summed E-state index contributed by atoms with van der Waals surface area (Å²) in [6, 6.07) is 22.0. The van der Waals surface area contributed by atoms with E-state index in [9.17, 15) is 0 Å². The van der Waals surface area contributed by atoms with Crippen LogP contribution in [0.2, 0.25) is 0 Å². The van der Waals surface area contributed by atoms with Crippen molar-refractivity contribution in [1.82, 2.24) is 5.32 Å². The van der Waals surface area contributed by atoms with Gasteiger partial charge in [-0.05, 0) is 25.0 Å². The van der Waals surface area contributed by atoms with Crippen LogP contribution in [-0.2, 0) is 0 Å². The first-order valence-electron chi connectivity index (χ1n) is 7.15. The standard InChI is InChI=1S/C18H21NS/c1-18(2)13-20-17(15-11-7-4-8-12-15)16(19-18)14-9-5-3-6-10-14/h3-12,16-17,19H,13H2,1-2H3. The van der Waals surface area contributed by atoms with Gasteiger partial charge >= 0.3 is 0 Å². The van der Waals surface area contributed by atoms with E-state index in [1.165, 1.54) is 11.1 Å². The largest absolute Gasteiger partial charge is 0.303 e. The van der Waals surface area contributed by atoms with E-state index >= 15 is 0 Å². The molecule has 2 aromatic carbocycles. The Morgan fingerprint density at radius 1 is 0.900 bits per heavy atom. The van der Waals surface area contributed by atoms with Gasteiger partial charge in [-0.15, -0.1) is 11.8 Å². The van der Waals surface area contributed by atoms with E-state index in [0.29, 0.717) is 11.3 Å². The van der Waals surface area contributed by atoms with Crippen LogP contribution < -0.4 is 5.32 Å². The molecule has 20 heavy (non-hydrogen) atoms. The zero-order valence-electron chi connectivity index (χ0n) is 12.0. The molecule has 1 aliphatic rings. The number of nitrogens with one attached hydrogen (secondary N) is 1. The zero-order valence-corrected chi connectivity index (χ0v) is 12.9. The quantitative estimate of drug-likeness (QED) is 0.865. The topological polar surface area (TPSA) is 12.0 Å². The van der Waals surface area contributed by atoms with E-state index in [0.717, 1.165) is 5.75 Å². The molecule has 0 aliphatic carbocycles. The summed E-state index contributed by atoms with van der Waals surface area (Å²) in [4.78, 5) is 0. The molecule has 104 valence electrons. The highest BCUT2D eigenvalue weighted by molar-refractivity contribution is 7.99. The summed E-state index contributed by atoms with van der Waals surface area (Å²) in [5.74, 6) is 1.13. The molecule has 1 N–H and O–H groups in total. The highest BCUT2D eigenvalue weighted by Gasteiger charge is 2.36. The Morgan fingerprint density at radius 3 is 2.05 bits per heavy atom. The molecule has 2 unspecified atom stereocenters. The Balaban J connectivity index is 1.96. The molecule has 0 spiro atoms. The zero-order chi connectivity index (χ0) is 14.0. The number of thioether (sulfide) groups is 1. The highest BCUT2D eigenvalue weighted by atomic mass is 32.2. The average Bonchev–Trinajstić information content (AvgIpc) is 2.48. The normalized spacial score (nSPS) is 25.3. The van der Waals surface area contributed by atoms with Crippen LogP contribution in [0.5, 0.6) is 0 Å². The second kappa shape index (κ2) is 5.63. The van der Waals surface area contributed by atoms with Crippen molar-refractivity contribution in [2.75, 3.05) is 5.75 Å². The van der Waals surface area contributed by atoms with Crippen LogP contribution in [0, 0.1) is 0 Å². The Morgan fingerprint density at radius 2 is 1.45 bits per heavy atom. The fraction of sp³-hybridized carbons (Fsp3) is 0.333. The molecule has 0 amide bonds. The Hall–Kier alpha value is -1.25. The molecule has 2 atom stereocenters. The van der Waals surface area contributed by atoms with Crippen molar-refractivity contribution in [1.29, 1.82) is 0 Å². The lowest BCUT2D eigenvalue weighted by molar-refractivity contribution is 0.349. The molecule has 0 bridgehead atoms. The second-order valence-electron chi connectivity index (χ2n) is 6.06. The van der Waals surface area contributed by atoms with Crippen molar-refractivity contribution < 1.29 is 0 Å². The molecule has 1 fully saturated rings. The predicted molar refractivity (Wildman–Crippen MR) is 88.0 cm³/mol. The molecular weight excluding hydrogens is 262 g/mol. The van der Waals surface area contributed by atoms with Crippen LogP contribution in [0.15, 0.2) is 60.7 Å². The molecule has 0 saturated carbocycles. The van der Waals surface area contributed by atoms with Crippen LogP contribution in [0.1, 0.15) is 36.3 Å². The minimum absolute atomic E-state index is 0.177. The fourth-order valence-electron chi connectivity index (χ4n) is 2.78. The molecular formula is C18H21NS. The molecule has 2 heteroatoms. The van der Waals surface area contributed by atoms with Gasteiger partial charge in [-0.2, -0.15) is 0 Å². The summed E-state index contributed by atoms with van der Waals surface area (Å²) >= 11 is 2.06. The van der Waals surface area contributed by atoms with Crippen molar-refractivity contribution in [3.63, 3.8) is 0 Å². The maximum absolute atomic E-state index is 3.84. The lowest BCUT2D eigenvalue weighted by Crippen LogP contribution is -2.49. The van der Waals surface area contributed by atoms with Gasteiger partial charge in [0.2, 0.25) is 0 Å². The van der Waals surface area contributed by atoms with Crippen molar-refractivity contribution >= 4 is 11.8 Å². The molecule has 2 aromatic rings. The summed E-state index contributed by atoms with van der Waals surface area (Å²) in [6.45, 7) is 4.58. The maximum Gasteiger partial charge on any atom is 0.0493 e. The van der Waals surface area contributed by atoms with Crippen LogP contribution in [0.25, 0.3) is 0 Å². The van der Waals surface area contributed by atoms with Gasteiger partial charge in [-0.25, -0.2) is 0 Å². The SMILES string of the molecule is CC1(C)CSC(c2ccccc2)C(c2ccccc2)N1. The summed E-state index contributed by atoms with van der Waals surface area (Å²) < 4.78 is 0. The molecule has 1 saturated heterocycles. The molecule has 1 nitrogen and oxygen atoms in total. The van der Waals surface area contributed by atoms with Crippen molar-refractivity contribution in [2.45, 2.75) is 30.7 Å². The van der Waals surface area contributed by atoms with Crippen LogP contribution in [0.4, 0.5) is 0 Å². The Kier molecular flexibility index (Phi) is 3.86. The maximum atomic E-state index is 3.84. The van der Waals surface area contributed by atoms with Gasteiger partial charge in [0.1, 0.15) is 0 Å². The number of hydrogen-bond acceptors (Lipinski definition) is 2.